The Bertz CT molecular complexity index is 233. The van der Waals surface area contributed by atoms with E-state index < -0.39 is 0 Å². The van der Waals surface area contributed by atoms with E-state index in [-0.39, 0.29) is 12.7 Å². The van der Waals surface area contributed by atoms with Gasteiger partial charge in [-0.1, -0.05) is 103 Å². The quantitative estimate of drug-likeness (QED) is 0.246. The maximum absolute atomic E-state index is 9.09. The van der Waals surface area contributed by atoms with Crippen LogP contribution in [0.25, 0.3) is 0 Å². The Balaban J connectivity index is 3.07. The molecule has 25 heavy (non-hydrogen) atoms. The van der Waals surface area contributed by atoms with Crippen molar-refractivity contribution in [1.29, 1.82) is 0 Å². The summed E-state index contributed by atoms with van der Waals surface area (Å²) in [5, 5.41) is 9.09. The van der Waals surface area contributed by atoms with Gasteiger partial charge in [0.25, 0.3) is 0 Å². The second-order valence-corrected chi connectivity index (χ2v) is 7.43. The number of rotatable bonds is 21. The molecule has 0 aliphatic carbocycles. The highest BCUT2D eigenvalue weighted by Gasteiger charge is 2.05. The Morgan fingerprint density at radius 1 is 0.640 bits per heavy atom. The summed E-state index contributed by atoms with van der Waals surface area (Å²) < 4.78 is 10.6. The lowest BCUT2D eigenvalue weighted by atomic mass is 10.0. The molecule has 0 aromatic heterocycles. The van der Waals surface area contributed by atoms with Crippen LogP contribution in [0, 0.1) is 0 Å². The highest BCUT2D eigenvalue weighted by molar-refractivity contribution is 4.54. The van der Waals surface area contributed by atoms with Gasteiger partial charge in [-0.2, -0.15) is 0 Å². The van der Waals surface area contributed by atoms with Crippen molar-refractivity contribution in [3.8, 4) is 0 Å². The van der Waals surface area contributed by atoms with Crippen LogP contribution in [-0.4, -0.2) is 38.1 Å². The maximum Gasteiger partial charge on any atom is 0.104 e. The molecule has 0 bridgehead atoms. The monoisotopic (exact) mass is 358 g/mol. The molecule has 0 radical (unpaired) electrons. The van der Waals surface area contributed by atoms with Crippen molar-refractivity contribution < 1.29 is 14.6 Å². The first kappa shape index (κ1) is 24.9. The largest absolute Gasteiger partial charge is 0.394 e. The van der Waals surface area contributed by atoms with E-state index in [1.165, 1.54) is 96.3 Å². The van der Waals surface area contributed by atoms with E-state index in [0.29, 0.717) is 6.61 Å². The van der Waals surface area contributed by atoms with Crippen LogP contribution in [0.4, 0.5) is 0 Å². The number of aliphatic hydroxyl groups excluding tert-OH is 1. The van der Waals surface area contributed by atoms with E-state index in [1.54, 1.807) is 7.11 Å². The first-order valence-electron chi connectivity index (χ1n) is 11.1. The van der Waals surface area contributed by atoms with Crippen LogP contribution >= 0.6 is 0 Å². The Hall–Kier alpha value is -0.120. The Labute approximate surface area is 157 Å². The minimum absolute atomic E-state index is 0.0483. The van der Waals surface area contributed by atoms with Crippen molar-refractivity contribution in [3.63, 3.8) is 0 Å². The van der Waals surface area contributed by atoms with Gasteiger partial charge < -0.3 is 14.6 Å². The predicted molar refractivity (Wildman–Crippen MR) is 108 cm³/mol. The molecule has 1 atom stereocenters. The molecule has 0 amide bonds. The van der Waals surface area contributed by atoms with Crippen LogP contribution < -0.4 is 0 Å². The SMILES string of the molecule is CCCCCCCCCCCCCCCCCCO[C@H](CO)COC. The molecule has 3 heteroatoms. The summed E-state index contributed by atoms with van der Waals surface area (Å²) in [6, 6.07) is 0. The second kappa shape index (κ2) is 21.9. The fraction of sp³-hybridized carbons (Fsp3) is 1.00. The normalized spacial score (nSPS) is 12.6. The van der Waals surface area contributed by atoms with Gasteiger partial charge in [-0.05, 0) is 6.42 Å². The van der Waals surface area contributed by atoms with E-state index >= 15 is 0 Å². The van der Waals surface area contributed by atoms with Crippen LogP contribution in [0.3, 0.4) is 0 Å². The van der Waals surface area contributed by atoms with E-state index in [2.05, 4.69) is 6.92 Å². The van der Waals surface area contributed by atoms with Crippen molar-refractivity contribution >= 4 is 0 Å². The molecule has 0 heterocycles. The van der Waals surface area contributed by atoms with Gasteiger partial charge in [-0.15, -0.1) is 0 Å². The molecular formula is C22H46O3. The zero-order valence-corrected chi connectivity index (χ0v) is 17.3. The summed E-state index contributed by atoms with van der Waals surface area (Å²) in [5.74, 6) is 0. The van der Waals surface area contributed by atoms with Crippen molar-refractivity contribution in [1.82, 2.24) is 0 Å². The molecule has 0 saturated heterocycles. The number of unbranched alkanes of at least 4 members (excludes halogenated alkanes) is 15. The first-order chi connectivity index (χ1) is 12.3. The molecule has 0 aliphatic heterocycles. The van der Waals surface area contributed by atoms with Gasteiger partial charge in [0.1, 0.15) is 6.10 Å². The zero-order chi connectivity index (χ0) is 18.4. The van der Waals surface area contributed by atoms with E-state index in [9.17, 15) is 0 Å². The van der Waals surface area contributed by atoms with Gasteiger partial charge in [0.05, 0.1) is 13.2 Å². The molecule has 0 aliphatic rings. The van der Waals surface area contributed by atoms with Crippen LogP contribution in [0.15, 0.2) is 0 Å². The Morgan fingerprint density at radius 2 is 1.04 bits per heavy atom. The van der Waals surface area contributed by atoms with Crippen LogP contribution in [0.1, 0.15) is 110 Å². The fourth-order valence-corrected chi connectivity index (χ4v) is 3.24. The highest BCUT2D eigenvalue weighted by atomic mass is 16.5. The van der Waals surface area contributed by atoms with E-state index in [0.717, 1.165) is 13.0 Å². The van der Waals surface area contributed by atoms with Crippen molar-refractivity contribution in [3.05, 3.63) is 0 Å². The van der Waals surface area contributed by atoms with Gasteiger partial charge in [0.15, 0.2) is 0 Å². The summed E-state index contributed by atoms with van der Waals surface area (Å²) in [4.78, 5) is 0. The minimum Gasteiger partial charge on any atom is -0.394 e. The average molecular weight is 359 g/mol. The Morgan fingerprint density at radius 3 is 1.40 bits per heavy atom. The van der Waals surface area contributed by atoms with Crippen LogP contribution in [0.2, 0.25) is 0 Å². The standard InChI is InChI=1S/C22H46O3/c1-3-4-5-6-7-8-9-10-11-12-13-14-15-16-17-18-19-25-22(20-23)21-24-2/h22-23H,3-21H2,1-2H3/t22-/m1/s1. The zero-order valence-electron chi connectivity index (χ0n) is 17.3. The lowest BCUT2D eigenvalue weighted by Gasteiger charge is -2.14. The second-order valence-electron chi connectivity index (χ2n) is 7.43. The summed E-state index contributed by atoms with van der Waals surface area (Å²) in [6.45, 7) is 3.56. The molecule has 0 fully saturated rings. The van der Waals surface area contributed by atoms with Crippen molar-refractivity contribution in [2.24, 2.45) is 0 Å². The third-order valence-corrected chi connectivity index (χ3v) is 4.91. The van der Waals surface area contributed by atoms with E-state index in [4.69, 9.17) is 14.6 Å². The van der Waals surface area contributed by atoms with Gasteiger partial charge in [0, 0.05) is 13.7 Å². The summed E-state index contributed by atoms with van der Waals surface area (Å²) >= 11 is 0. The molecular weight excluding hydrogens is 312 g/mol. The van der Waals surface area contributed by atoms with Gasteiger partial charge in [0.2, 0.25) is 0 Å². The highest BCUT2D eigenvalue weighted by Crippen LogP contribution is 2.13. The first-order valence-corrected chi connectivity index (χ1v) is 11.1. The third kappa shape index (κ3) is 20.0. The number of aliphatic hydroxyl groups is 1. The number of ether oxygens (including phenoxy) is 2. The summed E-state index contributed by atoms with van der Waals surface area (Å²) in [5.41, 5.74) is 0. The lowest BCUT2D eigenvalue weighted by Crippen LogP contribution is -2.23. The van der Waals surface area contributed by atoms with Gasteiger partial charge >= 0.3 is 0 Å². The third-order valence-electron chi connectivity index (χ3n) is 4.91. The summed E-state index contributed by atoms with van der Waals surface area (Å²) in [6.07, 6.45) is 22.0. The molecule has 0 aromatic carbocycles. The average Bonchev–Trinajstić information content (AvgIpc) is 2.63. The molecule has 0 aromatic rings. The van der Waals surface area contributed by atoms with Crippen LogP contribution in [-0.2, 0) is 9.47 Å². The smallest absolute Gasteiger partial charge is 0.104 e. The van der Waals surface area contributed by atoms with Crippen molar-refractivity contribution in [2.45, 2.75) is 116 Å². The lowest BCUT2D eigenvalue weighted by molar-refractivity contribution is -0.0321. The summed E-state index contributed by atoms with van der Waals surface area (Å²) in [7, 11) is 1.64. The number of hydrogen-bond acceptors (Lipinski definition) is 3. The van der Waals surface area contributed by atoms with Gasteiger partial charge in [-0.3, -0.25) is 0 Å². The fourth-order valence-electron chi connectivity index (χ4n) is 3.24. The molecule has 0 unspecified atom stereocenters. The van der Waals surface area contributed by atoms with E-state index in [1.807, 2.05) is 0 Å². The van der Waals surface area contributed by atoms with Crippen LogP contribution in [0.5, 0.6) is 0 Å². The van der Waals surface area contributed by atoms with Gasteiger partial charge in [-0.25, -0.2) is 0 Å². The molecule has 0 rings (SSSR count). The molecule has 0 spiro atoms. The number of methoxy groups -OCH3 is 1. The Kier molecular flexibility index (Phi) is 21.8. The predicted octanol–water partition coefficient (Wildman–Crippen LogP) is 6.27. The topological polar surface area (TPSA) is 38.7 Å². The van der Waals surface area contributed by atoms with Crippen molar-refractivity contribution in [2.75, 3.05) is 26.9 Å². The molecule has 3 nitrogen and oxygen atoms in total. The maximum atomic E-state index is 9.09. The molecule has 152 valence electrons. The minimum atomic E-state index is -0.152. The molecule has 0 saturated carbocycles. The number of hydrogen-bond donors (Lipinski definition) is 1. The molecule has 1 N–H and O–H groups in total.